The monoisotopic (exact) mass is 332 g/mol. The van der Waals surface area contributed by atoms with Crippen molar-refractivity contribution < 1.29 is 9.90 Å². The largest absolute Gasteiger partial charge is 0.389 e. The highest BCUT2D eigenvalue weighted by molar-refractivity contribution is 5.84. The Balaban J connectivity index is 1.87. The summed E-state index contributed by atoms with van der Waals surface area (Å²) in [7, 11) is 0. The number of amides is 1. The molecule has 3 aliphatic rings. The van der Waals surface area contributed by atoms with Crippen molar-refractivity contribution in [3.05, 3.63) is 23.8 Å². The fourth-order valence-electron chi connectivity index (χ4n) is 4.67. The van der Waals surface area contributed by atoms with Gasteiger partial charge in [-0.15, -0.1) is 0 Å². The van der Waals surface area contributed by atoms with Gasteiger partial charge in [0.25, 0.3) is 0 Å². The third kappa shape index (κ3) is 3.75. The average Bonchev–Trinajstić information content (AvgIpc) is 2.55. The maximum absolute atomic E-state index is 13.5. The molecule has 1 saturated heterocycles. The van der Waals surface area contributed by atoms with E-state index in [0.717, 1.165) is 57.2 Å². The van der Waals surface area contributed by atoms with Gasteiger partial charge in [-0.1, -0.05) is 37.5 Å². The average molecular weight is 332 g/mol. The van der Waals surface area contributed by atoms with Crippen LogP contribution in [0.25, 0.3) is 0 Å². The number of allylic oxidation sites excluding steroid dienone is 3. The van der Waals surface area contributed by atoms with Gasteiger partial charge >= 0.3 is 0 Å². The lowest BCUT2D eigenvalue weighted by Crippen LogP contribution is -2.59. The SMILES string of the molecule is CC1CN(C(=O)C(C2=CCCC=C2)C2(O)CCCCC2)CC(C)N1. The van der Waals surface area contributed by atoms with E-state index in [4.69, 9.17) is 0 Å². The van der Waals surface area contributed by atoms with E-state index in [1.807, 2.05) is 4.90 Å². The van der Waals surface area contributed by atoms with Crippen LogP contribution in [0.3, 0.4) is 0 Å². The molecule has 0 aromatic heterocycles. The Kier molecular flexibility index (Phi) is 5.46. The molecule has 1 aliphatic heterocycles. The fraction of sp³-hybridized carbons (Fsp3) is 0.750. The van der Waals surface area contributed by atoms with Crippen molar-refractivity contribution in [3.63, 3.8) is 0 Å². The number of carbonyl (C=O) groups excluding carboxylic acids is 1. The maximum atomic E-state index is 13.5. The summed E-state index contributed by atoms with van der Waals surface area (Å²) in [6.45, 7) is 5.71. The second-order valence-electron chi connectivity index (χ2n) is 7.99. The highest BCUT2D eigenvalue weighted by Gasteiger charge is 2.45. The highest BCUT2D eigenvalue weighted by Crippen LogP contribution is 2.40. The molecule has 0 radical (unpaired) electrons. The first-order valence-electron chi connectivity index (χ1n) is 9.63. The van der Waals surface area contributed by atoms with Crippen LogP contribution in [0.5, 0.6) is 0 Å². The zero-order chi connectivity index (χ0) is 17.2. The van der Waals surface area contributed by atoms with E-state index in [9.17, 15) is 9.90 Å². The van der Waals surface area contributed by atoms with Gasteiger partial charge in [0.15, 0.2) is 0 Å². The van der Waals surface area contributed by atoms with E-state index in [-0.39, 0.29) is 5.91 Å². The molecule has 0 spiro atoms. The van der Waals surface area contributed by atoms with Crippen molar-refractivity contribution in [1.29, 1.82) is 0 Å². The molecule has 4 heteroatoms. The minimum atomic E-state index is -0.875. The van der Waals surface area contributed by atoms with Crippen LogP contribution in [0.2, 0.25) is 0 Å². The van der Waals surface area contributed by atoms with E-state index in [1.54, 1.807) is 0 Å². The van der Waals surface area contributed by atoms with Gasteiger partial charge in [0.05, 0.1) is 11.5 Å². The number of hydrogen-bond acceptors (Lipinski definition) is 3. The Hall–Kier alpha value is -1.13. The maximum Gasteiger partial charge on any atom is 0.233 e. The molecule has 2 fully saturated rings. The molecule has 3 unspecified atom stereocenters. The zero-order valence-electron chi connectivity index (χ0n) is 15.1. The van der Waals surface area contributed by atoms with E-state index >= 15 is 0 Å². The van der Waals surface area contributed by atoms with Crippen LogP contribution in [-0.4, -0.2) is 46.7 Å². The highest BCUT2D eigenvalue weighted by atomic mass is 16.3. The summed E-state index contributed by atoms with van der Waals surface area (Å²) in [6.07, 6.45) is 13.1. The summed E-state index contributed by atoms with van der Waals surface area (Å²) in [5.74, 6) is -0.274. The third-order valence-electron chi connectivity index (χ3n) is 5.73. The van der Waals surface area contributed by atoms with E-state index in [1.165, 1.54) is 6.42 Å². The molecule has 4 nitrogen and oxygen atoms in total. The second kappa shape index (κ2) is 7.40. The molecule has 1 saturated carbocycles. The standard InChI is InChI=1S/C20H32N2O2/c1-15-13-22(14-16(2)21-15)19(23)18(17-9-5-3-6-10-17)20(24)11-7-4-8-12-20/h5,9-10,15-16,18,21,24H,3-4,6-8,11-14H2,1-2H3. The summed E-state index contributed by atoms with van der Waals surface area (Å²) in [5.41, 5.74) is 0.162. The van der Waals surface area contributed by atoms with Crippen LogP contribution in [0.1, 0.15) is 58.8 Å². The smallest absolute Gasteiger partial charge is 0.233 e. The zero-order valence-corrected chi connectivity index (χ0v) is 15.1. The number of hydrogen-bond donors (Lipinski definition) is 2. The van der Waals surface area contributed by atoms with Crippen molar-refractivity contribution in [2.24, 2.45) is 5.92 Å². The van der Waals surface area contributed by atoms with Gasteiger partial charge in [-0.2, -0.15) is 0 Å². The molecule has 24 heavy (non-hydrogen) atoms. The van der Waals surface area contributed by atoms with Gasteiger partial charge < -0.3 is 15.3 Å². The van der Waals surface area contributed by atoms with Gasteiger partial charge in [-0.25, -0.2) is 0 Å². The van der Waals surface area contributed by atoms with Crippen LogP contribution in [0, 0.1) is 5.92 Å². The molecule has 0 bridgehead atoms. The van der Waals surface area contributed by atoms with Gasteiger partial charge in [0, 0.05) is 25.2 Å². The van der Waals surface area contributed by atoms with Gasteiger partial charge in [-0.3, -0.25) is 4.79 Å². The van der Waals surface area contributed by atoms with Crippen molar-refractivity contribution in [3.8, 4) is 0 Å². The Morgan fingerprint density at radius 2 is 1.88 bits per heavy atom. The molecule has 1 amide bonds. The lowest BCUT2D eigenvalue weighted by Gasteiger charge is -2.44. The van der Waals surface area contributed by atoms with Crippen LogP contribution >= 0.6 is 0 Å². The van der Waals surface area contributed by atoms with Crippen LogP contribution in [0.15, 0.2) is 23.8 Å². The normalized spacial score (nSPS) is 31.5. The number of aliphatic hydroxyl groups is 1. The summed E-state index contributed by atoms with van der Waals surface area (Å²) in [5, 5.41) is 14.9. The molecular weight excluding hydrogens is 300 g/mol. The lowest BCUT2D eigenvalue weighted by atomic mass is 9.71. The number of piperazine rings is 1. The summed E-state index contributed by atoms with van der Waals surface area (Å²) in [4.78, 5) is 15.4. The van der Waals surface area contributed by atoms with Gasteiger partial charge in [0.2, 0.25) is 5.91 Å². The van der Waals surface area contributed by atoms with Gasteiger partial charge in [0.1, 0.15) is 0 Å². The molecule has 1 heterocycles. The van der Waals surface area contributed by atoms with Crippen molar-refractivity contribution in [2.75, 3.05) is 13.1 Å². The predicted molar refractivity (Wildman–Crippen MR) is 96.6 cm³/mol. The predicted octanol–water partition coefficient (Wildman–Crippen LogP) is 2.78. The van der Waals surface area contributed by atoms with Crippen LogP contribution in [-0.2, 0) is 4.79 Å². The number of carbonyl (C=O) groups is 1. The van der Waals surface area contributed by atoms with Crippen LogP contribution < -0.4 is 5.32 Å². The molecular formula is C20H32N2O2. The third-order valence-corrected chi connectivity index (χ3v) is 5.73. The summed E-state index contributed by atoms with van der Waals surface area (Å²) in [6, 6.07) is 0.602. The Morgan fingerprint density at radius 1 is 1.21 bits per heavy atom. The molecule has 0 aromatic carbocycles. The van der Waals surface area contributed by atoms with Crippen molar-refractivity contribution in [2.45, 2.75) is 76.5 Å². The van der Waals surface area contributed by atoms with E-state index in [2.05, 4.69) is 37.4 Å². The second-order valence-corrected chi connectivity index (χ2v) is 7.99. The quantitative estimate of drug-likeness (QED) is 0.835. The molecule has 134 valence electrons. The Labute approximate surface area is 146 Å². The van der Waals surface area contributed by atoms with E-state index < -0.39 is 11.5 Å². The van der Waals surface area contributed by atoms with E-state index in [0.29, 0.717) is 12.1 Å². The molecule has 2 N–H and O–H groups in total. The summed E-state index contributed by atoms with van der Waals surface area (Å²) < 4.78 is 0. The first-order valence-corrected chi connectivity index (χ1v) is 9.63. The number of rotatable bonds is 3. The van der Waals surface area contributed by atoms with Gasteiger partial charge in [-0.05, 0) is 45.1 Å². The topological polar surface area (TPSA) is 52.6 Å². The number of nitrogens with zero attached hydrogens (tertiary/aromatic N) is 1. The minimum Gasteiger partial charge on any atom is -0.389 e. The molecule has 0 aromatic rings. The first kappa shape index (κ1) is 17.7. The Morgan fingerprint density at radius 3 is 2.46 bits per heavy atom. The Bertz CT molecular complexity index is 510. The minimum absolute atomic E-state index is 0.123. The number of nitrogens with one attached hydrogen (secondary N) is 1. The first-order chi connectivity index (χ1) is 11.5. The molecule has 3 rings (SSSR count). The molecule has 2 aliphatic carbocycles. The molecule has 3 atom stereocenters. The van der Waals surface area contributed by atoms with Crippen LogP contribution in [0.4, 0.5) is 0 Å². The summed E-state index contributed by atoms with van der Waals surface area (Å²) >= 11 is 0. The van der Waals surface area contributed by atoms with Crippen molar-refractivity contribution in [1.82, 2.24) is 10.2 Å². The lowest BCUT2D eigenvalue weighted by molar-refractivity contribution is -0.146. The van der Waals surface area contributed by atoms with Crippen molar-refractivity contribution >= 4 is 5.91 Å². The fourth-order valence-corrected chi connectivity index (χ4v) is 4.67.